The highest BCUT2D eigenvalue weighted by atomic mass is 16.7. The predicted octanol–water partition coefficient (Wildman–Crippen LogP) is 1.82. The van der Waals surface area contributed by atoms with E-state index in [1.165, 1.54) is 0 Å². The second-order valence-corrected chi connectivity index (χ2v) is 7.68. The van der Waals surface area contributed by atoms with E-state index >= 15 is 0 Å². The maximum atomic E-state index is 12.1. The number of carbonyl (C=O) groups excluding carboxylic acids is 1. The van der Waals surface area contributed by atoms with Gasteiger partial charge in [-0.15, -0.1) is 0 Å². The third-order valence-electron chi connectivity index (χ3n) is 5.11. The van der Waals surface area contributed by atoms with Gasteiger partial charge >= 0.3 is 7.12 Å². The Hall–Kier alpha value is -1.53. The Morgan fingerprint density at radius 2 is 1.88 bits per heavy atom. The van der Waals surface area contributed by atoms with Crippen LogP contribution in [-0.2, 0) is 20.5 Å². The largest absolute Gasteiger partial charge is 0.498 e. The first-order valence-corrected chi connectivity index (χ1v) is 8.54. The summed E-state index contributed by atoms with van der Waals surface area (Å²) in [5.74, 6) is 0.766. The summed E-state index contributed by atoms with van der Waals surface area (Å²) in [5, 5.41) is 3.01. The van der Waals surface area contributed by atoms with Gasteiger partial charge in [0.15, 0.2) is 0 Å². The lowest BCUT2D eigenvalue weighted by molar-refractivity contribution is -0.120. The van der Waals surface area contributed by atoms with Crippen molar-refractivity contribution in [2.45, 2.75) is 64.2 Å². The summed E-state index contributed by atoms with van der Waals surface area (Å²) >= 11 is 0. The summed E-state index contributed by atoms with van der Waals surface area (Å²) in [5.41, 5.74) is 0.927. The average molecular weight is 331 g/mol. The van der Waals surface area contributed by atoms with Gasteiger partial charge in [-0.25, -0.2) is 0 Å². The molecule has 0 spiro atoms. The van der Waals surface area contributed by atoms with Crippen LogP contribution in [0.5, 0.6) is 5.75 Å². The minimum atomic E-state index is -0.503. The highest BCUT2D eigenvalue weighted by molar-refractivity contribution is 6.63. The summed E-state index contributed by atoms with van der Waals surface area (Å²) in [6.07, 6.45) is 2.54. The van der Waals surface area contributed by atoms with Crippen LogP contribution in [0, 0.1) is 0 Å². The van der Waals surface area contributed by atoms with Crippen LogP contribution < -0.4 is 15.5 Å². The molecule has 1 aliphatic carbocycles. The van der Waals surface area contributed by atoms with E-state index < -0.39 is 18.3 Å². The van der Waals surface area contributed by atoms with Gasteiger partial charge in [0.2, 0.25) is 5.91 Å². The number of rotatable bonds is 5. The van der Waals surface area contributed by atoms with Gasteiger partial charge in [-0.1, -0.05) is 12.1 Å². The van der Waals surface area contributed by atoms with Crippen LogP contribution in [0.4, 0.5) is 0 Å². The lowest BCUT2D eigenvalue weighted by Gasteiger charge is -2.32. The summed E-state index contributed by atoms with van der Waals surface area (Å²) in [6, 6.07) is 6.12. The molecule has 0 atom stereocenters. The highest BCUT2D eigenvalue weighted by Gasteiger charge is 2.52. The average Bonchev–Trinajstić information content (AvgIpc) is 3.25. The van der Waals surface area contributed by atoms with Crippen LogP contribution in [0.1, 0.15) is 46.1 Å². The van der Waals surface area contributed by atoms with Crippen molar-refractivity contribution in [1.82, 2.24) is 5.32 Å². The molecule has 0 radical (unpaired) electrons. The Bertz CT molecular complexity index is 624. The standard InChI is InChI=1S/C18H26BNO4/c1-17(2)18(3,4)24-19(23-17)14-10-12(6-9-15(14)22-5)11-16(21)20-13-7-8-13/h6,9-10,13H,7-8,11H2,1-5H3,(H,20,21). The van der Waals surface area contributed by atoms with Crippen LogP contribution in [0.2, 0.25) is 0 Å². The van der Waals surface area contributed by atoms with Gasteiger partial charge < -0.3 is 19.4 Å². The van der Waals surface area contributed by atoms with E-state index in [1.807, 2.05) is 45.9 Å². The van der Waals surface area contributed by atoms with Gasteiger partial charge in [0.05, 0.1) is 24.7 Å². The number of methoxy groups -OCH3 is 1. The number of amides is 1. The lowest BCUT2D eigenvalue weighted by Crippen LogP contribution is -2.41. The number of ether oxygens (including phenoxy) is 1. The Balaban J connectivity index is 1.81. The monoisotopic (exact) mass is 331 g/mol. The molecule has 3 rings (SSSR count). The third kappa shape index (κ3) is 3.45. The van der Waals surface area contributed by atoms with Gasteiger partial charge in [0.25, 0.3) is 0 Å². The third-order valence-corrected chi connectivity index (χ3v) is 5.11. The van der Waals surface area contributed by atoms with Gasteiger partial charge in [0, 0.05) is 11.5 Å². The molecule has 130 valence electrons. The fourth-order valence-corrected chi connectivity index (χ4v) is 2.74. The van der Waals surface area contributed by atoms with Crippen LogP contribution in [0.25, 0.3) is 0 Å². The molecule has 1 aliphatic heterocycles. The van der Waals surface area contributed by atoms with Crippen molar-refractivity contribution in [3.8, 4) is 5.75 Å². The molecule has 1 amide bonds. The fraction of sp³-hybridized carbons (Fsp3) is 0.611. The summed E-state index contributed by atoms with van der Waals surface area (Å²) in [4.78, 5) is 12.1. The van der Waals surface area contributed by atoms with Crippen LogP contribution in [0.3, 0.4) is 0 Å². The normalized spacial score (nSPS) is 21.6. The Morgan fingerprint density at radius 1 is 1.25 bits per heavy atom. The van der Waals surface area contributed by atoms with Crippen molar-refractivity contribution in [3.63, 3.8) is 0 Å². The van der Waals surface area contributed by atoms with Crippen molar-refractivity contribution in [2.24, 2.45) is 0 Å². The SMILES string of the molecule is COc1ccc(CC(=O)NC2CC2)cc1B1OC(C)(C)C(C)(C)O1. The van der Waals surface area contributed by atoms with Crippen LogP contribution >= 0.6 is 0 Å². The molecule has 1 aromatic rings. The van der Waals surface area contributed by atoms with E-state index in [9.17, 15) is 4.79 Å². The molecule has 1 saturated carbocycles. The summed E-state index contributed by atoms with van der Waals surface area (Å²) in [7, 11) is 1.13. The van der Waals surface area contributed by atoms with E-state index in [4.69, 9.17) is 14.0 Å². The molecule has 1 aromatic carbocycles. The number of nitrogens with one attached hydrogen (secondary N) is 1. The van der Waals surface area contributed by atoms with Crippen LogP contribution in [-0.4, -0.2) is 37.4 Å². The smallest absolute Gasteiger partial charge is 0.497 e. The topological polar surface area (TPSA) is 56.8 Å². The number of carbonyl (C=O) groups is 1. The summed E-state index contributed by atoms with van der Waals surface area (Å²) < 4.78 is 17.7. The molecule has 1 saturated heterocycles. The molecular formula is C18H26BNO4. The molecule has 6 heteroatoms. The molecule has 0 aromatic heterocycles. The molecule has 2 aliphatic rings. The number of benzene rings is 1. The molecule has 2 fully saturated rings. The first-order valence-electron chi connectivity index (χ1n) is 8.54. The van der Waals surface area contributed by atoms with Gasteiger partial charge in [-0.2, -0.15) is 0 Å². The highest BCUT2D eigenvalue weighted by Crippen LogP contribution is 2.37. The Morgan fingerprint density at radius 3 is 2.42 bits per heavy atom. The van der Waals surface area contributed by atoms with E-state index in [0.29, 0.717) is 18.2 Å². The molecule has 5 nitrogen and oxygen atoms in total. The predicted molar refractivity (Wildman–Crippen MR) is 93.6 cm³/mol. The maximum Gasteiger partial charge on any atom is 0.498 e. The second-order valence-electron chi connectivity index (χ2n) is 7.68. The minimum Gasteiger partial charge on any atom is -0.497 e. The molecule has 1 N–H and O–H groups in total. The van der Waals surface area contributed by atoms with Gasteiger partial charge in [0.1, 0.15) is 5.75 Å². The Labute approximate surface area is 144 Å². The molecule has 1 heterocycles. The molecule has 0 bridgehead atoms. The van der Waals surface area contributed by atoms with Crippen molar-refractivity contribution in [3.05, 3.63) is 23.8 Å². The van der Waals surface area contributed by atoms with E-state index in [1.54, 1.807) is 7.11 Å². The zero-order chi connectivity index (χ0) is 17.5. The zero-order valence-corrected chi connectivity index (χ0v) is 15.1. The first-order chi connectivity index (χ1) is 11.2. The van der Waals surface area contributed by atoms with Crippen molar-refractivity contribution >= 4 is 18.5 Å². The van der Waals surface area contributed by atoms with Gasteiger partial charge in [-0.05, 0) is 52.2 Å². The van der Waals surface area contributed by atoms with E-state index in [-0.39, 0.29) is 5.91 Å². The number of hydrogen-bond donors (Lipinski definition) is 1. The molecular weight excluding hydrogens is 305 g/mol. The van der Waals surface area contributed by atoms with Crippen molar-refractivity contribution in [2.75, 3.05) is 7.11 Å². The fourth-order valence-electron chi connectivity index (χ4n) is 2.74. The van der Waals surface area contributed by atoms with E-state index in [0.717, 1.165) is 23.9 Å². The number of hydrogen-bond acceptors (Lipinski definition) is 4. The molecule has 24 heavy (non-hydrogen) atoms. The van der Waals surface area contributed by atoms with Gasteiger partial charge in [-0.3, -0.25) is 4.79 Å². The van der Waals surface area contributed by atoms with Crippen molar-refractivity contribution < 1.29 is 18.8 Å². The van der Waals surface area contributed by atoms with E-state index in [2.05, 4.69) is 5.32 Å². The maximum absolute atomic E-state index is 12.1. The summed E-state index contributed by atoms with van der Waals surface area (Å²) in [6.45, 7) is 8.08. The lowest BCUT2D eigenvalue weighted by atomic mass is 9.77. The zero-order valence-electron chi connectivity index (χ0n) is 15.1. The van der Waals surface area contributed by atoms with Crippen molar-refractivity contribution in [1.29, 1.82) is 0 Å². The Kier molecular flexibility index (Phi) is 4.38. The minimum absolute atomic E-state index is 0.0579. The first kappa shape index (κ1) is 17.3. The quantitative estimate of drug-likeness (QED) is 0.836. The van der Waals surface area contributed by atoms with Crippen LogP contribution in [0.15, 0.2) is 18.2 Å². The second kappa shape index (κ2) is 6.08. The molecule has 0 unspecified atom stereocenters.